The van der Waals surface area contributed by atoms with Gasteiger partial charge in [-0.15, -0.1) is 0 Å². The molecule has 2 heterocycles. The number of fused-ring (bicyclic) bond motifs is 1. The lowest BCUT2D eigenvalue weighted by molar-refractivity contribution is 0.379. The van der Waals surface area contributed by atoms with Crippen LogP contribution in [0.5, 0.6) is 0 Å². The number of hydrogen-bond acceptors (Lipinski definition) is 3. The summed E-state index contributed by atoms with van der Waals surface area (Å²) in [5.41, 5.74) is 0.821. The van der Waals surface area contributed by atoms with E-state index in [1.807, 2.05) is 24.2 Å². The Balaban J connectivity index is 2.73. The molecule has 56 valence electrons. The molecule has 2 rings (SSSR count). The van der Waals surface area contributed by atoms with Gasteiger partial charge in [-0.05, 0) is 12.1 Å². The first-order valence-electron chi connectivity index (χ1n) is 3.57. The average molecular weight is 147 g/mol. The molecule has 1 aliphatic heterocycles. The molecule has 3 nitrogen and oxygen atoms in total. The largest absolute Gasteiger partial charge is 0.294 e. The first kappa shape index (κ1) is 6.34. The third-order valence-corrected chi connectivity index (χ3v) is 1.66. The first-order chi connectivity index (χ1) is 5.36. The van der Waals surface area contributed by atoms with Crippen molar-refractivity contribution in [3.63, 3.8) is 0 Å². The summed E-state index contributed by atoms with van der Waals surface area (Å²) in [6, 6.07) is 3.95. The predicted octanol–water partition coefficient (Wildman–Crippen LogP) is -0.658. The van der Waals surface area contributed by atoms with Crippen LogP contribution in [0.2, 0.25) is 0 Å². The molecule has 1 aromatic rings. The first-order valence-corrected chi connectivity index (χ1v) is 3.57. The lowest BCUT2D eigenvalue weighted by Gasteiger charge is -2.11. The van der Waals surface area contributed by atoms with Gasteiger partial charge in [0.25, 0.3) is 0 Å². The van der Waals surface area contributed by atoms with Crippen molar-refractivity contribution < 1.29 is 0 Å². The molecular weight excluding hydrogens is 138 g/mol. The number of hydrogen-bond donors (Lipinski definition) is 0. The van der Waals surface area contributed by atoms with Gasteiger partial charge in [-0.2, -0.15) is 5.10 Å². The van der Waals surface area contributed by atoms with Crippen LogP contribution in [0.1, 0.15) is 0 Å². The van der Waals surface area contributed by atoms with Crippen LogP contribution in [0.15, 0.2) is 23.4 Å². The summed E-state index contributed by atoms with van der Waals surface area (Å²) in [7, 11) is 1.94. The van der Waals surface area contributed by atoms with E-state index >= 15 is 0 Å². The molecule has 0 radical (unpaired) electrons. The molecule has 0 amide bonds. The van der Waals surface area contributed by atoms with Gasteiger partial charge in [0.05, 0.1) is 6.54 Å². The van der Waals surface area contributed by atoms with E-state index in [-0.39, 0.29) is 0 Å². The van der Waals surface area contributed by atoms with Gasteiger partial charge in [-0.3, -0.25) is 5.01 Å². The molecule has 0 saturated heterocycles. The van der Waals surface area contributed by atoms with E-state index in [0.29, 0.717) is 0 Å². The molecule has 11 heavy (non-hydrogen) atoms. The maximum atomic E-state index is 4.24. The summed E-state index contributed by atoms with van der Waals surface area (Å²) >= 11 is 0. The Bertz CT molecular complexity index is 369. The number of nitrogens with zero attached hydrogens (tertiary/aromatic N) is 3. The molecule has 0 aliphatic carbocycles. The van der Waals surface area contributed by atoms with Gasteiger partial charge in [0.1, 0.15) is 0 Å². The molecule has 0 fully saturated rings. The zero-order chi connectivity index (χ0) is 7.68. The molecule has 0 N–H and O–H groups in total. The molecule has 0 spiro atoms. The zero-order valence-electron chi connectivity index (χ0n) is 6.36. The maximum absolute atomic E-state index is 4.24. The third kappa shape index (κ3) is 1.09. The van der Waals surface area contributed by atoms with Crippen LogP contribution in [0.25, 0.3) is 6.08 Å². The average Bonchev–Trinajstić information content (AvgIpc) is 2.04. The van der Waals surface area contributed by atoms with Crippen LogP contribution in [-0.4, -0.2) is 23.6 Å². The van der Waals surface area contributed by atoms with Gasteiger partial charge in [-0.25, -0.2) is 4.98 Å². The fourth-order valence-electron chi connectivity index (χ4n) is 1.09. The topological polar surface area (TPSA) is 28.5 Å². The van der Waals surface area contributed by atoms with Crippen LogP contribution < -0.4 is 10.7 Å². The summed E-state index contributed by atoms with van der Waals surface area (Å²) < 4.78 is 0. The Morgan fingerprint density at radius 1 is 1.55 bits per heavy atom. The fourth-order valence-corrected chi connectivity index (χ4v) is 1.09. The fraction of sp³-hybridized carbons (Fsp3) is 0.250. The van der Waals surface area contributed by atoms with Gasteiger partial charge in [0.15, 0.2) is 5.49 Å². The van der Waals surface area contributed by atoms with Crippen molar-refractivity contribution in [2.75, 3.05) is 13.6 Å². The minimum absolute atomic E-state index is 0.821. The van der Waals surface area contributed by atoms with E-state index in [9.17, 15) is 0 Å². The molecule has 1 aliphatic rings. The number of pyridine rings is 1. The lowest BCUT2D eigenvalue weighted by atomic mass is 10.3. The minimum Gasteiger partial charge on any atom is -0.294 e. The number of aromatic nitrogens is 1. The Morgan fingerprint density at radius 3 is 3.36 bits per heavy atom. The second-order valence-electron chi connectivity index (χ2n) is 2.56. The molecule has 1 aromatic heterocycles. The molecular formula is C8H9N3. The van der Waals surface area contributed by atoms with E-state index < -0.39 is 0 Å². The van der Waals surface area contributed by atoms with Crippen LogP contribution in [0, 0.1) is 0 Å². The zero-order valence-corrected chi connectivity index (χ0v) is 6.36. The number of rotatable bonds is 0. The van der Waals surface area contributed by atoms with Crippen molar-refractivity contribution >= 4 is 6.08 Å². The molecule has 3 heteroatoms. The van der Waals surface area contributed by atoms with Crippen LogP contribution >= 0.6 is 0 Å². The van der Waals surface area contributed by atoms with Crippen molar-refractivity contribution in [2.45, 2.75) is 0 Å². The summed E-state index contributed by atoms with van der Waals surface area (Å²) in [6.07, 6.45) is 3.88. The Morgan fingerprint density at radius 2 is 2.45 bits per heavy atom. The lowest BCUT2D eigenvalue weighted by Crippen LogP contribution is -2.36. The molecule has 0 bridgehead atoms. The second kappa shape index (κ2) is 2.34. The second-order valence-corrected chi connectivity index (χ2v) is 2.56. The molecule has 0 saturated carbocycles. The van der Waals surface area contributed by atoms with Crippen LogP contribution in [0.3, 0.4) is 0 Å². The normalized spacial score (nSPS) is 14.8. The quantitative estimate of drug-likeness (QED) is 0.487. The van der Waals surface area contributed by atoms with Crippen molar-refractivity contribution in [2.24, 2.45) is 5.10 Å². The molecule has 0 atom stereocenters. The Kier molecular flexibility index (Phi) is 1.35. The van der Waals surface area contributed by atoms with Crippen LogP contribution in [-0.2, 0) is 0 Å². The van der Waals surface area contributed by atoms with Crippen molar-refractivity contribution in [1.29, 1.82) is 0 Å². The van der Waals surface area contributed by atoms with Gasteiger partial charge < -0.3 is 0 Å². The highest BCUT2D eigenvalue weighted by Crippen LogP contribution is 1.84. The highest BCUT2D eigenvalue weighted by atomic mass is 15.4. The summed E-state index contributed by atoms with van der Waals surface area (Å²) in [6.45, 7) is 0.874. The predicted molar refractivity (Wildman–Crippen MR) is 42.1 cm³/mol. The van der Waals surface area contributed by atoms with E-state index in [1.54, 1.807) is 6.20 Å². The SMILES string of the molecule is CN1CC=c2cccnc2=N1. The third-order valence-electron chi connectivity index (χ3n) is 1.66. The Labute approximate surface area is 64.7 Å². The van der Waals surface area contributed by atoms with Crippen LogP contribution in [0.4, 0.5) is 0 Å². The van der Waals surface area contributed by atoms with Crippen molar-refractivity contribution in [3.05, 3.63) is 29.0 Å². The molecule has 0 unspecified atom stereocenters. The van der Waals surface area contributed by atoms with Gasteiger partial charge in [-0.1, -0.05) is 6.08 Å². The van der Waals surface area contributed by atoms with Crippen molar-refractivity contribution in [3.8, 4) is 0 Å². The van der Waals surface area contributed by atoms with E-state index in [2.05, 4.69) is 16.2 Å². The van der Waals surface area contributed by atoms with E-state index in [1.165, 1.54) is 0 Å². The summed E-state index contributed by atoms with van der Waals surface area (Å²) in [5.74, 6) is 0. The summed E-state index contributed by atoms with van der Waals surface area (Å²) in [4.78, 5) is 4.13. The van der Waals surface area contributed by atoms with E-state index in [0.717, 1.165) is 17.3 Å². The van der Waals surface area contributed by atoms with Gasteiger partial charge in [0.2, 0.25) is 0 Å². The maximum Gasteiger partial charge on any atom is 0.178 e. The van der Waals surface area contributed by atoms with Crippen molar-refractivity contribution in [1.82, 2.24) is 9.99 Å². The molecule has 0 aromatic carbocycles. The smallest absolute Gasteiger partial charge is 0.178 e. The Hall–Kier alpha value is -1.38. The minimum atomic E-state index is 0.821. The van der Waals surface area contributed by atoms with E-state index in [4.69, 9.17) is 0 Å². The summed E-state index contributed by atoms with van der Waals surface area (Å²) in [5, 5.41) is 7.24. The highest BCUT2D eigenvalue weighted by Gasteiger charge is 1.96. The monoisotopic (exact) mass is 147 g/mol. The van der Waals surface area contributed by atoms with Gasteiger partial charge in [0, 0.05) is 18.5 Å². The van der Waals surface area contributed by atoms with Gasteiger partial charge >= 0.3 is 0 Å². The standard InChI is InChI=1S/C8H9N3/c1-11-6-4-7-3-2-5-9-8(7)10-11/h2-5H,6H2,1H3. The highest BCUT2D eigenvalue weighted by molar-refractivity contribution is 5.24.